The second-order valence-electron chi connectivity index (χ2n) is 3.28. The summed E-state index contributed by atoms with van der Waals surface area (Å²) in [5, 5.41) is 9.54. The maximum absolute atomic E-state index is 11.2. The van der Waals surface area contributed by atoms with Gasteiger partial charge in [-0.1, -0.05) is 0 Å². The third-order valence-electron chi connectivity index (χ3n) is 2.28. The van der Waals surface area contributed by atoms with Crippen LogP contribution >= 0.6 is 0 Å². The van der Waals surface area contributed by atoms with Gasteiger partial charge >= 0.3 is 5.97 Å². The zero-order valence-electron chi connectivity index (χ0n) is 8.10. The van der Waals surface area contributed by atoms with Gasteiger partial charge in [0.05, 0.1) is 11.1 Å². The van der Waals surface area contributed by atoms with E-state index >= 15 is 0 Å². The topological polar surface area (TPSA) is 59.3 Å². The molecule has 1 aromatic heterocycles. The van der Waals surface area contributed by atoms with Gasteiger partial charge in [0.25, 0.3) is 0 Å². The average Bonchev–Trinajstić information content (AvgIpc) is 2.59. The molecule has 0 saturated heterocycles. The van der Waals surface area contributed by atoms with E-state index in [9.17, 15) is 9.59 Å². The van der Waals surface area contributed by atoms with Crippen molar-refractivity contribution >= 4 is 22.8 Å². The second-order valence-corrected chi connectivity index (χ2v) is 3.28. The molecule has 1 N–H and O–H groups in total. The van der Waals surface area contributed by atoms with E-state index in [0.717, 1.165) is 10.9 Å². The van der Waals surface area contributed by atoms with Crippen molar-refractivity contribution in [2.75, 3.05) is 0 Å². The van der Waals surface area contributed by atoms with E-state index in [-0.39, 0.29) is 11.5 Å². The van der Waals surface area contributed by atoms with Crippen molar-refractivity contribution in [1.82, 2.24) is 4.57 Å². The summed E-state index contributed by atoms with van der Waals surface area (Å²) in [5.41, 5.74) is 0.955. The maximum atomic E-state index is 11.2. The molecule has 0 spiro atoms. The number of rotatable bonds is 1. The molecule has 0 bridgehead atoms. The number of carbonyl (C=O) groups excluding carboxylic acids is 1. The predicted molar refractivity (Wildman–Crippen MR) is 55.2 cm³/mol. The van der Waals surface area contributed by atoms with Crippen LogP contribution in [0.1, 0.15) is 22.1 Å². The van der Waals surface area contributed by atoms with Gasteiger partial charge in [-0.15, -0.1) is 0 Å². The summed E-state index contributed by atoms with van der Waals surface area (Å²) in [5.74, 6) is -1.06. The molecule has 15 heavy (non-hydrogen) atoms. The van der Waals surface area contributed by atoms with Crippen LogP contribution in [-0.2, 0) is 0 Å². The first kappa shape index (κ1) is 9.45. The normalized spacial score (nSPS) is 10.5. The fourth-order valence-electron chi connectivity index (χ4n) is 1.55. The number of carboxylic acids is 1. The third kappa shape index (κ3) is 1.50. The van der Waals surface area contributed by atoms with Crippen molar-refractivity contribution in [1.29, 1.82) is 0 Å². The lowest BCUT2D eigenvalue weighted by molar-refractivity contribution is 0.0697. The fraction of sp³-hybridized carbons (Fsp3) is 0.0909. The average molecular weight is 203 g/mol. The fourth-order valence-corrected chi connectivity index (χ4v) is 1.55. The molecule has 0 aliphatic heterocycles. The van der Waals surface area contributed by atoms with Crippen LogP contribution in [0.2, 0.25) is 0 Å². The molecule has 0 unspecified atom stereocenters. The number of carbonyl (C=O) groups is 2. The molecule has 4 heteroatoms. The number of hydrogen-bond acceptors (Lipinski definition) is 2. The van der Waals surface area contributed by atoms with E-state index in [1.165, 1.54) is 17.6 Å². The van der Waals surface area contributed by atoms with Crippen LogP contribution in [-0.4, -0.2) is 21.6 Å². The Morgan fingerprint density at radius 2 is 2.00 bits per heavy atom. The Labute approximate surface area is 85.7 Å². The van der Waals surface area contributed by atoms with Crippen LogP contribution in [0.5, 0.6) is 0 Å². The van der Waals surface area contributed by atoms with Gasteiger partial charge in [0.1, 0.15) is 0 Å². The lowest BCUT2D eigenvalue weighted by Crippen LogP contribution is -2.03. The van der Waals surface area contributed by atoms with Gasteiger partial charge in [-0.25, -0.2) is 4.79 Å². The summed E-state index contributed by atoms with van der Waals surface area (Å²) in [7, 11) is 0. The molecule has 2 rings (SSSR count). The zero-order chi connectivity index (χ0) is 11.0. The van der Waals surface area contributed by atoms with Gasteiger partial charge in [0, 0.05) is 18.5 Å². The largest absolute Gasteiger partial charge is 0.478 e. The summed E-state index contributed by atoms with van der Waals surface area (Å²) in [6, 6.07) is 6.41. The molecule has 0 amide bonds. The number of aromatic nitrogens is 1. The van der Waals surface area contributed by atoms with E-state index in [1.807, 2.05) is 0 Å². The van der Waals surface area contributed by atoms with E-state index in [0.29, 0.717) is 0 Å². The van der Waals surface area contributed by atoms with E-state index in [1.54, 1.807) is 24.4 Å². The Morgan fingerprint density at radius 1 is 1.27 bits per heavy atom. The summed E-state index contributed by atoms with van der Waals surface area (Å²) in [6.45, 7) is 1.46. The highest BCUT2D eigenvalue weighted by molar-refractivity contribution is 5.96. The molecule has 2 aromatic rings. The van der Waals surface area contributed by atoms with Gasteiger partial charge in [-0.3, -0.25) is 9.36 Å². The summed E-state index contributed by atoms with van der Waals surface area (Å²) in [4.78, 5) is 21.9. The molecule has 0 aliphatic rings. The van der Waals surface area contributed by atoms with E-state index in [2.05, 4.69) is 0 Å². The molecule has 0 atom stereocenters. The van der Waals surface area contributed by atoms with Crippen LogP contribution in [0, 0.1) is 0 Å². The van der Waals surface area contributed by atoms with Crippen molar-refractivity contribution in [3.05, 3.63) is 36.0 Å². The van der Waals surface area contributed by atoms with Gasteiger partial charge in [0.2, 0.25) is 5.91 Å². The molecule has 76 valence electrons. The minimum absolute atomic E-state index is 0.0897. The first-order chi connectivity index (χ1) is 7.09. The zero-order valence-corrected chi connectivity index (χ0v) is 8.10. The Kier molecular flexibility index (Phi) is 2.04. The molecule has 0 radical (unpaired) electrons. The van der Waals surface area contributed by atoms with Crippen LogP contribution in [0.15, 0.2) is 30.5 Å². The highest BCUT2D eigenvalue weighted by Gasteiger charge is 2.07. The number of aromatic carboxylic acids is 1. The number of fused-ring (bicyclic) bond motifs is 1. The minimum atomic E-state index is -0.965. The third-order valence-corrected chi connectivity index (χ3v) is 2.28. The molecule has 1 aromatic carbocycles. The lowest BCUT2D eigenvalue weighted by Gasteiger charge is -1.99. The van der Waals surface area contributed by atoms with Crippen molar-refractivity contribution in [3.63, 3.8) is 0 Å². The highest BCUT2D eigenvalue weighted by Crippen LogP contribution is 2.17. The molecule has 0 saturated carbocycles. The molecular formula is C11H9NO3. The monoisotopic (exact) mass is 203 g/mol. The summed E-state index contributed by atoms with van der Waals surface area (Å²) >= 11 is 0. The second kappa shape index (κ2) is 3.24. The first-order valence-electron chi connectivity index (χ1n) is 4.45. The van der Waals surface area contributed by atoms with Crippen molar-refractivity contribution in [2.45, 2.75) is 6.92 Å². The summed E-state index contributed by atoms with van der Waals surface area (Å²) < 4.78 is 1.49. The number of benzene rings is 1. The van der Waals surface area contributed by atoms with Crippen molar-refractivity contribution < 1.29 is 14.7 Å². The van der Waals surface area contributed by atoms with Gasteiger partial charge in [-0.05, 0) is 24.3 Å². The Balaban J connectivity index is 2.66. The predicted octanol–water partition coefficient (Wildman–Crippen LogP) is 2.00. The first-order valence-corrected chi connectivity index (χ1v) is 4.45. The smallest absolute Gasteiger partial charge is 0.335 e. The van der Waals surface area contributed by atoms with Gasteiger partial charge in [-0.2, -0.15) is 0 Å². The molecular weight excluding hydrogens is 194 g/mol. The lowest BCUT2D eigenvalue weighted by atomic mass is 10.1. The molecule has 0 aliphatic carbocycles. The van der Waals surface area contributed by atoms with Gasteiger partial charge in [0.15, 0.2) is 0 Å². The molecule has 0 fully saturated rings. The number of hydrogen-bond donors (Lipinski definition) is 1. The summed E-state index contributed by atoms with van der Waals surface area (Å²) in [6.07, 6.45) is 1.64. The SMILES string of the molecule is CC(=O)n1ccc2cc(C(=O)O)ccc21. The van der Waals surface area contributed by atoms with Crippen molar-refractivity contribution in [3.8, 4) is 0 Å². The minimum Gasteiger partial charge on any atom is -0.478 e. The van der Waals surface area contributed by atoms with Crippen LogP contribution in [0.3, 0.4) is 0 Å². The Hall–Kier alpha value is -2.10. The quantitative estimate of drug-likeness (QED) is 0.771. The molecule has 1 heterocycles. The number of nitrogens with zero attached hydrogens (tertiary/aromatic N) is 1. The number of carboxylic acid groups (broad SMARTS) is 1. The Bertz CT molecular complexity index is 554. The van der Waals surface area contributed by atoms with Crippen LogP contribution in [0.25, 0.3) is 10.9 Å². The van der Waals surface area contributed by atoms with Crippen molar-refractivity contribution in [2.24, 2.45) is 0 Å². The van der Waals surface area contributed by atoms with E-state index < -0.39 is 5.97 Å². The standard InChI is InChI=1S/C11H9NO3/c1-7(13)12-5-4-8-6-9(11(14)15)2-3-10(8)12/h2-6H,1H3,(H,14,15). The highest BCUT2D eigenvalue weighted by atomic mass is 16.4. The molecule has 4 nitrogen and oxygen atoms in total. The van der Waals surface area contributed by atoms with Gasteiger partial charge < -0.3 is 5.11 Å². The van der Waals surface area contributed by atoms with E-state index in [4.69, 9.17) is 5.11 Å². The Morgan fingerprint density at radius 3 is 2.60 bits per heavy atom. The maximum Gasteiger partial charge on any atom is 0.335 e. The van der Waals surface area contributed by atoms with Crippen LogP contribution in [0.4, 0.5) is 0 Å². The van der Waals surface area contributed by atoms with Crippen LogP contribution < -0.4 is 0 Å².